The van der Waals surface area contributed by atoms with Gasteiger partial charge in [0.25, 0.3) is 5.91 Å². The second-order valence-corrected chi connectivity index (χ2v) is 7.52. The number of carbonyl (C=O) groups is 2. The number of amides is 1. The smallest absolute Gasteiger partial charge is 0.276 e. The molecule has 1 aliphatic rings. The molecule has 2 N–H and O–H groups in total. The number of nitrogens with one attached hydrogen (secondary N) is 1. The fraction of sp³-hybridized carbons (Fsp3) is 0.273. The van der Waals surface area contributed by atoms with Crippen LogP contribution in [0.2, 0.25) is 0 Å². The van der Waals surface area contributed by atoms with E-state index in [1.807, 2.05) is 18.2 Å². The first kappa shape index (κ1) is 19.6. The Morgan fingerprint density at radius 1 is 1.18 bits per heavy atom. The van der Waals surface area contributed by atoms with Crippen molar-refractivity contribution in [1.29, 1.82) is 0 Å². The van der Waals surface area contributed by atoms with Gasteiger partial charge in [0.05, 0.1) is 12.8 Å². The molecule has 0 fully saturated rings. The number of methoxy groups -OCH3 is 1. The number of nitrogens with zero attached hydrogens (tertiary/aromatic N) is 1. The number of hydrogen-bond donors (Lipinski definition) is 2. The van der Waals surface area contributed by atoms with Crippen LogP contribution in [-0.2, 0) is 11.2 Å². The average Bonchev–Trinajstić information content (AvgIpc) is 2.67. The molecule has 0 bridgehead atoms. The van der Waals surface area contributed by atoms with Crippen LogP contribution >= 0.6 is 0 Å². The summed E-state index contributed by atoms with van der Waals surface area (Å²) in [7, 11) is 2.88. The highest BCUT2D eigenvalue weighted by molar-refractivity contribution is 6.17. The summed E-state index contributed by atoms with van der Waals surface area (Å²) in [4.78, 5) is 23.9. The zero-order valence-corrected chi connectivity index (χ0v) is 16.4. The van der Waals surface area contributed by atoms with E-state index >= 15 is 0 Å². The molecule has 2 aromatic rings. The fourth-order valence-corrected chi connectivity index (χ4v) is 3.46. The Hall–Kier alpha value is -3.12. The topological polar surface area (TPSA) is 78.9 Å². The first-order chi connectivity index (χ1) is 13.3. The third-order valence-corrected chi connectivity index (χ3v) is 4.81. The van der Waals surface area contributed by atoms with Crippen molar-refractivity contribution in [1.82, 2.24) is 10.4 Å². The molecule has 0 atom stereocenters. The van der Waals surface area contributed by atoms with Gasteiger partial charge in [-0.3, -0.25) is 14.8 Å². The van der Waals surface area contributed by atoms with E-state index < -0.39 is 5.91 Å². The van der Waals surface area contributed by atoms with Gasteiger partial charge in [0.2, 0.25) is 0 Å². The first-order valence-corrected chi connectivity index (χ1v) is 8.98. The molecule has 0 saturated heterocycles. The molecule has 146 valence electrons. The maximum Gasteiger partial charge on any atom is 0.276 e. The van der Waals surface area contributed by atoms with E-state index in [0.29, 0.717) is 21.8 Å². The molecular weight excluding hydrogens is 356 g/mol. The normalized spacial score (nSPS) is 16.5. The fourth-order valence-electron chi connectivity index (χ4n) is 3.46. The van der Waals surface area contributed by atoms with Crippen LogP contribution in [0.5, 0.6) is 5.75 Å². The summed E-state index contributed by atoms with van der Waals surface area (Å²) in [5.74, 6) is 0.203. The number of carbonyl (C=O) groups excluding carboxylic acids is 2. The summed E-state index contributed by atoms with van der Waals surface area (Å²) in [5, 5.41) is 13.3. The summed E-state index contributed by atoms with van der Waals surface area (Å²) in [5.41, 5.74) is 4.09. The lowest BCUT2D eigenvalue weighted by molar-refractivity contribution is -0.103. The minimum absolute atomic E-state index is 0.222. The van der Waals surface area contributed by atoms with Crippen LogP contribution in [-0.4, -0.2) is 42.2 Å². The number of ether oxygens (including phenoxy) is 1. The Morgan fingerprint density at radius 2 is 1.82 bits per heavy atom. The highest BCUT2D eigenvalue weighted by atomic mass is 16.5. The molecule has 2 aromatic carbocycles. The number of hydrogen-bond acceptors (Lipinski definition) is 5. The molecule has 0 radical (unpaired) electrons. The molecule has 28 heavy (non-hydrogen) atoms. The molecule has 0 aliphatic carbocycles. The minimum atomic E-state index is -0.515. The molecule has 1 aliphatic heterocycles. The van der Waals surface area contributed by atoms with Gasteiger partial charge in [-0.2, -0.15) is 0 Å². The monoisotopic (exact) mass is 380 g/mol. The minimum Gasteiger partial charge on any atom is -0.497 e. The third-order valence-electron chi connectivity index (χ3n) is 4.81. The van der Waals surface area contributed by atoms with Crippen LogP contribution in [0.1, 0.15) is 40.9 Å². The third kappa shape index (κ3) is 3.77. The Bertz CT molecular complexity index is 944. The van der Waals surface area contributed by atoms with Gasteiger partial charge < -0.3 is 10.1 Å². The molecule has 0 saturated carbocycles. The molecular formula is C22H24N2O4. The lowest BCUT2D eigenvalue weighted by atomic mass is 9.83. The molecule has 1 amide bonds. The standard InChI is InChI=1S/C22H24N2O4/c1-22(2)12-16-9-10-17(28-4)11-18(16)20(23-22)19(13-25)14-5-7-15(8-6-14)21(26)24(3)27/h5-11,13,23,27H,12H2,1-4H3/b20-19+. The van der Waals surface area contributed by atoms with Crippen molar-refractivity contribution in [2.75, 3.05) is 14.2 Å². The summed E-state index contributed by atoms with van der Waals surface area (Å²) < 4.78 is 5.36. The summed E-state index contributed by atoms with van der Waals surface area (Å²) >= 11 is 0. The summed E-state index contributed by atoms with van der Waals surface area (Å²) in [6, 6.07) is 12.5. The summed E-state index contributed by atoms with van der Waals surface area (Å²) in [6.07, 6.45) is 1.64. The van der Waals surface area contributed by atoms with Crippen LogP contribution in [0.4, 0.5) is 0 Å². The van der Waals surface area contributed by atoms with Crippen molar-refractivity contribution in [3.63, 3.8) is 0 Å². The van der Waals surface area contributed by atoms with Crippen LogP contribution in [0.15, 0.2) is 42.5 Å². The van der Waals surface area contributed by atoms with E-state index in [0.717, 1.165) is 35.3 Å². The zero-order chi connectivity index (χ0) is 20.5. The van der Waals surface area contributed by atoms with Crippen molar-refractivity contribution >= 4 is 23.5 Å². The van der Waals surface area contributed by atoms with Crippen molar-refractivity contribution in [3.05, 3.63) is 64.7 Å². The number of rotatable bonds is 4. The molecule has 6 nitrogen and oxygen atoms in total. The van der Waals surface area contributed by atoms with Crippen molar-refractivity contribution in [2.45, 2.75) is 25.8 Å². The van der Waals surface area contributed by atoms with Crippen molar-refractivity contribution in [3.8, 4) is 5.75 Å². The number of fused-ring (bicyclic) bond motifs is 1. The van der Waals surface area contributed by atoms with Crippen LogP contribution in [0.3, 0.4) is 0 Å². The van der Waals surface area contributed by atoms with Gasteiger partial charge >= 0.3 is 0 Å². The Labute approximate surface area is 164 Å². The lowest BCUT2D eigenvalue weighted by Gasteiger charge is -2.36. The van der Waals surface area contributed by atoms with Gasteiger partial charge in [-0.25, -0.2) is 5.06 Å². The van der Waals surface area contributed by atoms with Gasteiger partial charge in [-0.1, -0.05) is 18.2 Å². The second-order valence-electron chi connectivity index (χ2n) is 7.52. The predicted molar refractivity (Wildman–Crippen MR) is 107 cm³/mol. The molecule has 0 aromatic heterocycles. The number of hydroxylamine groups is 2. The molecule has 6 heteroatoms. The Kier molecular flexibility index (Phi) is 5.25. The van der Waals surface area contributed by atoms with Crippen molar-refractivity contribution < 1.29 is 19.5 Å². The number of allylic oxidation sites excluding steroid dienone is 1. The summed E-state index contributed by atoms with van der Waals surface area (Å²) in [6.45, 7) is 4.17. The first-order valence-electron chi connectivity index (χ1n) is 8.98. The van der Waals surface area contributed by atoms with E-state index in [1.165, 1.54) is 7.05 Å². The van der Waals surface area contributed by atoms with E-state index in [4.69, 9.17) is 4.74 Å². The molecule has 0 unspecified atom stereocenters. The Balaban J connectivity index is 2.14. The molecule has 3 rings (SSSR count). The molecule has 1 heterocycles. The van der Waals surface area contributed by atoms with Crippen LogP contribution in [0, 0.1) is 0 Å². The Morgan fingerprint density at radius 3 is 2.39 bits per heavy atom. The van der Waals surface area contributed by atoms with Gasteiger partial charge in [-0.15, -0.1) is 0 Å². The maximum absolute atomic E-state index is 12.1. The lowest BCUT2D eigenvalue weighted by Crippen LogP contribution is -2.44. The average molecular weight is 380 g/mol. The van der Waals surface area contributed by atoms with E-state index in [9.17, 15) is 14.8 Å². The zero-order valence-electron chi connectivity index (χ0n) is 16.4. The van der Waals surface area contributed by atoms with E-state index in [1.54, 1.807) is 31.4 Å². The van der Waals surface area contributed by atoms with Gasteiger partial charge in [0, 0.05) is 29.3 Å². The highest BCUT2D eigenvalue weighted by Gasteiger charge is 2.30. The van der Waals surface area contributed by atoms with Crippen molar-refractivity contribution in [2.24, 2.45) is 0 Å². The van der Waals surface area contributed by atoms with Gasteiger partial charge in [0.15, 0.2) is 6.29 Å². The quantitative estimate of drug-likeness (QED) is 0.369. The van der Waals surface area contributed by atoms with Gasteiger partial charge in [-0.05, 0) is 55.7 Å². The predicted octanol–water partition coefficient (Wildman–Crippen LogP) is 3.15. The number of benzene rings is 2. The maximum atomic E-state index is 12.1. The van der Waals surface area contributed by atoms with Gasteiger partial charge in [0.1, 0.15) is 5.75 Å². The number of aldehydes is 1. The molecule has 0 spiro atoms. The SMILES string of the molecule is COc1ccc2c(c1)/C(=C(/C=O)c1ccc(C(=O)N(C)O)cc1)NC(C)(C)C2. The van der Waals surface area contributed by atoms with Crippen LogP contribution < -0.4 is 10.1 Å². The highest BCUT2D eigenvalue weighted by Crippen LogP contribution is 2.35. The van der Waals surface area contributed by atoms with Crippen LogP contribution in [0.25, 0.3) is 11.3 Å². The second kappa shape index (κ2) is 7.48. The largest absolute Gasteiger partial charge is 0.497 e. The van der Waals surface area contributed by atoms with E-state index in [2.05, 4.69) is 19.2 Å². The van der Waals surface area contributed by atoms with E-state index in [-0.39, 0.29) is 5.54 Å².